The Morgan fingerprint density at radius 1 is 1.35 bits per heavy atom. The van der Waals surface area contributed by atoms with E-state index in [1.807, 2.05) is 43.3 Å². The number of terminal acetylenes is 1. The minimum absolute atomic E-state index is 0.0172. The van der Waals surface area contributed by atoms with Gasteiger partial charge in [-0.1, -0.05) is 52.2 Å². The molecule has 0 aliphatic heterocycles. The first-order valence-electron chi connectivity index (χ1n) is 7.88. The second kappa shape index (κ2) is 9.46. The fraction of sp³-hybridized carbons (Fsp3) is 0.143. The van der Waals surface area contributed by atoms with Crippen molar-refractivity contribution in [1.29, 1.82) is 5.26 Å². The van der Waals surface area contributed by atoms with Gasteiger partial charge in [-0.2, -0.15) is 5.26 Å². The van der Waals surface area contributed by atoms with Gasteiger partial charge in [-0.15, -0.1) is 6.42 Å². The number of ether oxygens (including phenoxy) is 1. The first-order valence-corrected chi connectivity index (χ1v) is 8.68. The Morgan fingerprint density at radius 3 is 2.73 bits per heavy atom. The van der Waals surface area contributed by atoms with Crippen LogP contribution in [0.2, 0.25) is 0 Å². The van der Waals surface area contributed by atoms with Gasteiger partial charge < -0.3 is 10.1 Å². The van der Waals surface area contributed by atoms with Crippen LogP contribution < -0.4 is 10.1 Å². The first kappa shape index (κ1) is 19.3. The Balaban J connectivity index is 2.25. The van der Waals surface area contributed by atoms with Crippen LogP contribution in [-0.2, 0) is 4.79 Å². The largest absolute Gasteiger partial charge is 0.480 e. The highest BCUT2D eigenvalue weighted by Crippen LogP contribution is 2.26. The Morgan fingerprint density at radius 2 is 2.08 bits per heavy atom. The monoisotopic (exact) mass is 408 g/mol. The number of benzene rings is 2. The van der Waals surface area contributed by atoms with Crippen LogP contribution in [0.5, 0.6) is 5.75 Å². The third-order valence-electron chi connectivity index (χ3n) is 3.59. The summed E-state index contributed by atoms with van der Waals surface area (Å²) >= 11 is 3.38. The minimum atomic E-state index is -0.452. The molecule has 5 heteroatoms. The second-order valence-electron chi connectivity index (χ2n) is 5.45. The lowest BCUT2D eigenvalue weighted by molar-refractivity contribution is -0.117. The molecule has 26 heavy (non-hydrogen) atoms. The number of nitriles is 1. The quantitative estimate of drug-likeness (QED) is 0.441. The molecule has 0 fully saturated rings. The van der Waals surface area contributed by atoms with Crippen LogP contribution in [0.15, 0.2) is 58.6 Å². The molecule has 1 amide bonds. The summed E-state index contributed by atoms with van der Waals surface area (Å²) < 4.78 is 6.27. The van der Waals surface area contributed by atoms with Crippen molar-refractivity contribution in [3.63, 3.8) is 0 Å². The van der Waals surface area contributed by atoms with E-state index in [0.29, 0.717) is 11.3 Å². The number of halogens is 1. The van der Waals surface area contributed by atoms with E-state index in [9.17, 15) is 10.1 Å². The molecule has 0 aliphatic carbocycles. The maximum atomic E-state index is 12.5. The molecule has 4 nitrogen and oxygen atoms in total. The smallest absolute Gasteiger partial charge is 0.262 e. The minimum Gasteiger partial charge on any atom is -0.480 e. The van der Waals surface area contributed by atoms with Crippen molar-refractivity contribution in [2.45, 2.75) is 13.0 Å². The van der Waals surface area contributed by atoms with Crippen molar-refractivity contribution < 1.29 is 9.53 Å². The third-order valence-corrected chi connectivity index (χ3v) is 4.09. The summed E-state index contributed by atoms with van der Waals surface area (Å²) in [5.41, 5.74) is 1.53. The summed E-state index contributed by atoms with van der Waals surface area (Å²) in [6.07, 6.45) is 6.72. The van der Waals surface area contributed by atoms with E-state index in [4.69, 9.17) is 11.2 Å². The molecule has 0 aliphatic rings. The molecule has 0 unspecified atom stereocenters. The van der Waals surface area contributed by atoms with E-state index in [1.54, 1.807) is 18.2 Å². The van der Waals surface area contributed by atoms with Crippen molar-refractivity contribution >= 4 is 27.9 Å². The molecule has 0 saturated carbocycles. The Kier molecular flexibility index (Phi) is 7.02. The summed E-state index contributed by atoms with van der Waals surface area (Å²) in [5, 5.41) is 12.2. The highest BCUT2D eigenvalue weighted by atomic mass is 79.9. The number of hydrogen-bond donors (Lipinski definition) is 1. The summed E-state index contributed by atoms with van der Waals surface area (Å²) in [6.45, 7) is 1.96. The van der Waals surface area contributed by atoms with E-state index in [0.717, 1.165) is 10.0 Å². The van der Waals surface area contributed by atoms with E-state index in [1.165, 1.54) is 6.08 Å². The van der Waals surface area contributed by atoms with Gasteiger partial charge in [0.25, 0.3) is 5.91 Å². The molecular weight excluding hydrogens is 392 g/mol. The molecule has 0 radical (unpaired) electrons. The van der Waals surface area contributed by atoms with Crippen LogP contribution in [-0.4, -0.2) is 12.5 Å². The molecule has 0 saturated heterocycles. The molecular formula is C21H17BrN2O2. The van der Waals surface area contributed by atoms with Crippen LogP contribution in [0.25, 0.3) is 6.08 Å². The number of amides is 1. The molecule has 2 aromatic carbocycles. The molecule has 1 N–H and O–H groups in total. The predicted molar refractivity (Wildman–Crippen MR) is 105 cm³/mol. The van der Waals surface area contributed by atoms with Crippen molar-refractivity contribution in [3.8, 4) is 24.2 Å². The van der Waals surface area contributed by atoms with Gasteiger partial charge in [0, 0.05) is 10.0 Å². The SMILES string of the molecule is C#CCOc1ccc(Br)cc1/C=C(\C#N)C(=O)N[C@H](C)c1ccccc1. The van der Waals surface area contributed by atoms with E-state index in [2.05, 4.69) is 27.2 Å². The number of hydrogen-bond acceptors (Lipinski definition) is 3. The van der Waals surface area contributed by atoms with Crippen molar-refractivity contribution in [1.82, 2.24) is 5.32 Å². The third kappa shape index (κ3) is 5.24. The number of nitrogens with one attached hydrogen (secondary N) is 1. The normalized spacial score (nSPS) is 11.8. The van der Waals surface area contributed by atoms with Gasteiger partial charge in [-0.3, -0.25) is 4.79 Å². The molecule has 1 atom stereocenters. The maximum absolute atomic E-state index is 12.5. The lowest BCUT2D eigenvalue weighted by atomic mass is 10.1. The lowest BCUT2D eigenvalue weighted by Gasteiger charge is -2.14. The van der Waals surface area contributed by atoms with Gasteiger partial charge in [0.05, 0.1) is 6.04 Å². The van der Waals surface area contributed by atoms with Gasteiger partial charge in [-0.05, 0) is 36.8 Å². The van der Waals surface area contributed by atoms with Gasteiger partial charge >= 0.3 is 0 Å². The van der Waals surface area contributed by atoms with E-state index >= 15 is 0 Å². The fourth-order valence-corrected chi connectivity index (χ4v) is 2.67. The highest BCUT2D eigenvalue weighted by Gasteiger charge is 2.15. The Hall–Kier alpha value is -3.02. The topological polar surface area (TPSA) is 62.1 Å². The summed E-state index contributed by atoms with van der Waals surface area (Å²) in [6, 6.07) is 16.6. The van der Waals surface area contributed by atoms with Crippen LogP contribution in [0, 0.1) is 23.7 Å². The van der Waals surface area contributed by atoms with Gasteiger partial charge in [0.15, 0.2) is 0 Å². The zero-order valence-electron chi connectivity index (χ0n) is 14.2. The van der Waals surface area contributed by atoms with Crippen LogP contribution in [0.3, 0.4) is 0 Å². The number of rotatable bonds is 6. The zero-order valence-corrected chi connectivity index (χ0v) is 15.8. The Labute approximate surface area is 161 Å². The van der Waals surface area contributed by atoms with Crippen LogP contribution in [0.1, 0.15) is 24.1 Å². The van der Waals surface area contributed by atoms with Crippen molar-refractivity contribution in [2.75, 3.05) is 6.61 Å². The fourth-order valence-electron chi connectivity index (χ4n) is 2.29. The predicted octanol–water partition coefficient (Wildman–Crippen LogP) is 4.25. The number of nitrogens with zero attached hydrogens (tertiary/aromatic N) is 1. The summed E-state index contributed by atoms with van der Waals surface area (Å²) in [5.74, 6) is 2.44. The van der Waals surface area contributed by atoms with E-state index in [-0.39, 0.29) is 18.2 Å². The van der Waals surface area contributed by atoms with E-state index < -0.39 is 5.91 Å². The van der Waals surface area contributed by atoms with Crippen molar-refractivity contribution in [3.05, 3.63) is 69.7 Å². The van der Waals surface area contributed by atoms with Gasteiger partial charge in [-0.25, -0.2) is 0 Å². The summed E-state index contributed by atoms with van der Waals surface area (Å²) in [7, 11) is 0. The number of carbonyl (C=O) groups is 1. The standard InChI is InChI=1S/C21H17BrN2O2/c1-3-11-26-20-10-9-19(22)13-17(20)12-18(14-23)21(25)24-15(2)16-7-5-4-6-8-16/h1,4-10,12-13,15H,11H2,2H3,(H,24,25)/b18-12+/t15-/m1/s1. The number of carbonyl (C=O) groups excluding carboxylic acids is 1. The lowest BCUT2D eigenvalue weighted by Crippen LogP contribution is -2.27. The van der Waals surface area contributed by atoms with Crippen LogP contribution >= 0.6 is 15.9 Å². The molecule has 0 bridgehead atoms. The van der Waals surface area contributed by atoms with Gasteiger partial charge in [0.1, 0.15) is 24.0 Å². The van der Waals surface area contributed by atoms with Crippen molar-refractivity contribution in [2.24, 2.45) is 0 Å². The molecule has 130 valence electrons. The average Bonchev–Trinajstić information content (AvgIpc) is 2.65. The molecule has 0 aromatic heterocycles. The van der Waals surface area contributed by atoms with Gasteiger partial charge in [0.2, 0.25) is 0 Å². The summed E-state index contributed by atoms with van der Waals surface area (Å²) in [4.78, 5) is 12.5. The molecule has 0 spiro atoms. The highest BCUT2D eigenvalue weighted by molar-refractivity contribution is 9.10. The Bertz CT molecular complexity index is 892. The van der Waals surface area contributed by atoms with Crippen LogP contribution in [0.4, 0.5) is 0 Å². The first-order chi connectivity index (χ1) is 12.5. The molecule has 2 rings (SSSR count). The maximum Gasteiger partial charge on any atom is 0.262 e. The average molecular weight is 409 g/mol. The molecule has 2 aromatic rings. The molecule has 0 heterocycles. The zero-order chi connectivity index (χ0) is 18.9. The second-order valence-corrected chi connectivity index (χ2v) is 6.37.